The summed E-state index contributed by atoms with van der Waals surface area (Å²) < 4.78 is 49.9. The van der Waals surface area contributed by atoms with Crippen molar-refractivity contribution in [2.45, 2.75) is 24.6 Å². The van der Waals surface area contributed by atoms with Crippen molar-refractivity contribution < 1.29 is 17.2 Å². The van der Waals surface area contributed by atoms with E-state index in [1.54, 1.807) is 6.92 Å². The fourth-order valence-corrected chi connectivity index (χ4v) is 3.62. The lowest BCUT2D eigenvalue weighted by atomic mass is 10.1. The summed E-state index contributed by atoms with van der Waals surface area (Å²) in [6, 6.07) is 3.02. The van der Waals surface area contributed by atoms with Crippen molar-refractivity contribution in [1.82, 2.24) is 5.32 Å². The van der Waals surface area contributed by atoms with Crippen molar-refractivity contribution in [3.63, 3.8) is 0 Å². The van der Waals surface area contributed by atoms with Crippen LogP contribution in [0.3, 0.4) is 0 Å². The van der Waals surface area contributed by atoms with Gasteiger partial charge < -0.3 is 5.32 Å². The quantitative estimate of drug-likeness (QED) is 0.850. The third-order valence-electron chi connectivity index (χ3n) is 3.30. The molecule has 1 saturated heterocycles. The minimum Gasteiger partial charge on any atom is -0.309 e. The van der Waals surface area contributed by atoms with Crippen molar-refractivity contribution in [3.05, 3.63) is 35.4 Å². The van der Waals surface area contributed by atoms with Gasteiger partial charge in [0.05, 0.1) is 11.0 Å². The van der Waals surface area contributed by atoms with Crippen LogP contribution in [-0.4, -0.2) is 26.0 Å². The minimum atomic E-state index is -3.20. The van der Waals surface area contributed by atoms with Gasteiger partial charge in [-0.05, 0) is 37.6 Å². The van der Waals surface area contributed by atoms with Crippen LogP contribution in [0.2, 0.25) is 0 Å². The first-order valence-electron chi connectivity index (χ1n) is 5.80. The van der Waals surface area contributed by atoms with Gasteiger partial charge >= 0.3 is 0 Å². The van der Waals surface area contributed by atoms with E-state index in [4.69, 9.17) is 0 Å². The van der Waals surface area contributed by atoms with Gasteiger partial charge in [-0.15, -0.1) is 0 Å². The molecule has 1 fully saturated rings. The average Bonchev–Trinajstić information content (AvgIpc) is 2.43. The molecule has 0 radical (unpaired) electrons. The fraction of sp³-hybridized carbons (Fsp3) is 0.500. The van der Waals surface area contributed by atoms with Gasteiger partial charge in [0.15, 0.2) is 21.5 Å². The molecule has 0 spiro atoms. The zero-order chi connectivity index (χ0) is 13.3. The van der Waals surface area contributed by atoms with Crippen molar-refractivity contribution in [2.75, 3.05) is 12.3 Å². The Hall–Kier alpha value is -1.01. The fourth-order valence-electron chi connectivity index (χ4n) is 2.04. The highest BCUT2D eigenvalue weighted by atomic mass is 32.2. The van der Waals surface area contributed by atoms with Gasteiger partial charge in [-0.2, -0.15) is 0 Å². The van der Waals surface area contributed by atoms with Gasteiger partial charge in [0.1, 0.15) is 0 Å². The number of sulfone groups is 1. The van der Waals surface area contributed by atoms with E-state index >= 15 is 0 Å². The van der Waals surface area contributed by atoms with E-state index in [9.17, 15) is 17.2 Å². The Morgan fingerprint density at radius 2 is 2.00 bits per heavy atom. The Labute approximate surface area is 105 Å². The van der Waals surface area contributed by atoms with Crippen LogP contribution in [-0.2, 0) is 9.84 Å². The molecular formula is C12H15F2NO2S. The molecule has 0 bridgehead atoms. The molecule has 0 amide bonds. The van der Waals surface area contributed by atoms with Crippen molar-refractivity contribution >= 4 is 9.84 Å². The smallest absolute Gasteiger partial charge is 0.159 e. The number of halogens is 2. The lowest BCUT2D eigenvalue weighted by Crippen LogP contribution is -2.26. The monoisotopic (exact) mass is 275 g/mol. The Morgan fingerprint density at radius 1 is 1.28 bits per heavy atom. The summed E-state index contributed by atoms with van der Waals surface area (Å²) in [7, 11) is -3.20. The van der Waals surface area contributed by atoms with Crippen LogP contribution in [0.1, 0.15) is 24.9 Å². The maximum Gasteiger partial charge on any atom is 0.159 e. The second-order valence-corrected chi connectivity index (χ2v) is 7.07. The maximum atomic E-state index is 13.2. The van der Waals surface area contributed by atoms with Gasteiger partial charge in [0, 0.05) is 6.04 Å². The van der Waals surface area contributed by atoms with Crippen LogP contribution in [0.4, 0.5) is 8.78 Å². The molecule has 1 N–H and O–H groups in total. The van der Waals surface area contributed by atoms with Gasteiger partial charge in [-0.3, -0.25) is 0 Å². The summed E-state index contributed by atoms with van der Waals surface area (Å²) in [5.41, 5.74) is 0.464. The molecule has 0 aromatic heterocycles. The lowest BCUT2D eigenvalue weighted by Gasteiger charge is -2.16. The van der Waals surface area contributed by atoms with E-state index in [0.717, 1.165) is 12.1 Å². The first-order chi connectivity index (χ1) is 8.40. The molecule has 1 aromatic carbocycles. The summed E-state index contributed by atoms with van der Waals surface area (Å²) >= 11 is 0. The highest BCUT2D eigenvalue weighted by Gasteiger charge is 2.29. The maximum absolute atomic E-state index is 13.2. The standard InChI is InChI=1S/C12H15F2NO2S/c1-8-4-5-15-12(7-18(8,16)17)9-2-3-10(13)11(14)6-9/h2-3,6,8,12,15H,4-5,7H2,1H3. The van der Waals surface area contributed by atoms with E-state index in [-0.39, 0.29) is 5.75 Å². The molecule has 2 unspecified atom stereocenters. The van der Waals surface area contributed by atoms with Crippen molar-refractivity contribution in [3.8, 4) is 0 Å². The van der Waals surface area contributed by atoms with Crippen LogP contribution in [0, 0.1) is 11.6 Å². The molecule has 100 valence electrons. The first-order valence-corrected chi connectivity index (χ1v) is 7.51. The second-order valence-electron chi connectivity index (χ2n) is 4.61. The molecule has 1 aromatic rings. The van der Waals surface area contributed by atoms with Crippen LogP contribution in [0.5, 0.6) is 0 Å². The van der Waals surface area contributed by atoms with Crippen LogP contribution < -0.4 is 5.32 Å². The van der Waals surface area contributed by atoms with Crippen LogP contribution >= 0.6 is 0 Å². The van der Waals surface area contributed by atoms with Crippen molar-refractivity contribution in [1.29, 1.82) is 0 Å². The van der Waals surface area contributed by atoms with E-state index in [1.807, 2.05) is 0 Å². The molecule has 0 aliphatic carbocycles. The third kappa shape index (κ3) is 2.70. The van der Waals surface area contributed by atoms with E-state index in [0.29, 0.717) is 18.5 Å². The van der Waals surface area contributed by atoms with E-state index < -0.39 is 32.8 Å². The first kappa shape index (κ1) is 13.4. The zero-order valence-electron chi connectivity index (χ0n) is 9.99. The number of benzene rings is 1. The van der Waals surface area contributed by atoms with Crippen LogP contribution in [0.15, 0.2) is 18.2 Å². The molecular weight excluding hydrogens is 260 g/mol. The molecule has 3 nitrogen and oxygen atoms in total. The molecule has 6 heteroatoms. The number of hydrogen-bond donors (Lipinski definition) is 1. The summed E-state index contributed by atoms with van der Waals surface area (Å²) in [6.45, 7) is 2.22. The predicted molar refractivity (Wildman–Crippen MR) is 65.0 cm³/mol. The highest BCUT2D eigenvalue weighted by Crippen LogP contribution is 2.23. The largest absolute Gasteiger partial charge is 0.309 e. The van der Waals surface area contributed by atoms with Crippen LogP contribution in [0.25, 0.3) is 0 Å². The lowest BCUT2D eigenvalue weighted by molar-refractivity contribution is 0.501. The minimum absolute atomic E-state index is 0.0841. The van der Waals surface area contributed by atoms with Crippen molar-refractivity contribution in [2.24, 2.45) is 0 Å². The number of nitrogens with one attached hydrogen (secondary N) is 1. The molecule has 1 aliphatic rings. The SMILES string of the molecule is CC1CCNC(c2ccc(F)c(F)c2)CS1(=O)=O. The molecule has 0 saturated carbocycles. The second kappa shape index (κ2) is 4.93. The molecule has 1 heterocycles. The van der Waals surface area contributed by atoms with E-state index in [2.05, 4.69) is 5.32 Å². The third-order valence-corrected chi connectivity index (χ3v) is 5.56. The summed E-state index contributed by atoms with van der Waals surface area (Å²) in [5, 5.41) is 2.66. The molecule has 2 atom stereocenters. The molecule has 1 aliphatic heterocycles. The molecule has 18 heavy (non-hydrogen) atoms. The van der Waals surface area contributed by atoms with E-state index in [1.165, 1.54) is 6.07 Å². The zero-order valence-corrected chi connectivity index (χ0v) is 10.8. The van der Waals surface area contributed by atoms with Gasteiger partial charge in [-0.25, -0.2) is 17.2 Å². The Balaban J connectivity index is 2.30. The van der Waals surface area contributed by atoms with Gasteiger partial charge in [0.2, 0.25) is 0 Å². The topological polar surface area (TPSA) is 46.2 Å². The number of hydrogen-bond acceptors (Lipinski definition) is 3. The molecule has 2 rings (SSSR count). The Kier molecular flexibility index (Phi) is 3.68. The summed E-state index contributed by atoms with van der Waals surface area (Å²) in [5.74, 6) is -1.97. The summed E-state index contributed by atoms with van der Waals surface area (Å²) in [6.07, 6.45) is 0.530. The predicted octanol–water partition coefficient (Wildman–Crippen LogP) is 1.80. The average molecular weight is 275 g/mol. The summed E-state index contributed by atoms with van der Waals surface area (Å²) in [4.78, 5) is 0. The normalized spacial score (nSPS) is 27.7. The number of rotatable bonds is 1. The highest BCUT2D eigenvalue weighted by molar-refractivity contribution is 7.92. The Morgan fingerprint density at radius 3 is 2.67 bits per heavy atom. The Bertz CT molecular complexity index is 545. The van der Waals surface area contributed by atoms with Gasteiger partial charge in [-0.1, -0.05) is 6.07 Å². The van der Waals surface area contributed by atoms with Gasteiger partial charge in [0.25, 0.3) is 0 Å².